The van der Waals surface area contributed by atoms with Gasteiger partial charge in [0.05, 0.1) is 5.69 Å². The summed E-state index contributed by atoms with van der Waals surface area (Å²) in [6, 6.07) is 1.79. The maximum atomic E-state index is 11.1. The molecule has 1 aliphatic rings. The summed E-state index contributed by atoms with van der Waals surface area (Å²) in [5, 5.41) is 16.0. The van der Waals surface area contributed by atoms with Crippen LogP contribution in [0.3, 0.4) is 0 Å². The molecule has 0 aliphatic carbocycles. The highest BCUT2D eigenvalue weighted by Crippen LogP contribution is 2.21. The second-order valence-electron chi connectivity index (χ2n) is 4.40. The Balaban J connectivity index is 2.15. The normalized spacial score (nSPS) is 20.2. The fraction of sp³-hybridized carbons (Fsp3) is 0.500. The number of aromatic nitrogens is 1. The number of hydrogen-bond donors (Lipinski definition) is 3. The summed E-state index contributed by atoms with van der Waals surface area (Å²) in [6.45, 7) is 1.85. The van der Waals surface area contributed by atoms with Crippen LogP contribution in [0.2, 0.25) is 5.15 Å². The van der Waals surface area contributed by atoms with Gasteiger partial charge in [0.25, 0.3) is 0 Å². The average Bonchev–Trinajstić information content (AvgIpc) is 2.57. The molecule has 0 bridgehead atoms. The molecule has 5 nitrogen and oxygen atoms in total. The van der Waals surface area contributed by atoms with Gasteiger partial charge in [-0.05, 0) is 25.5 Å². The third-order valence-corrected chi connectivity index (χ3v) is 3.21. The fourth-order valence-corrected chi connectivity index (χ4v) is 2.24. The van der Waals surface area contributed by atoms with Gasteiger partial charge in [-0.15, -0.1) is 0 Å². The third-order valence-electron chi connectivity index (χ3n) is 3.01. The SMILES string of the molecule is O=C(O)c1cnc(Cl)cc1N[C@@H]1CCCCNC1. The van der Waals surface area contributed by atoms with E-state index in [1.807, 2.05) is 0 Å². The van der Waals surface area contributed by atoms with Crippen LogP contribution < -0.4 is 10.6 Å². The van der Waals surface area contributed by atoms with Crippen molar-refractivity contribution in [2.45, 2.75) is 25.3 Å². The molecular weight excluding hydrogens is 254 g/mol. The first-order valence-corrected chi connectivity index (χ1v) is 6.40. The lowest BCUT2D eigenvalue weighted by molar-refractivity contribution is 0.0697. The Kier molecular flexibility index (Phi) is 4.38. The lowest BCUT2D eigenvalue weighted by atomic mass is 10.1. The zero-order chi connectivity index (χ0) is 13.0. The molecule has 0 saturated carbocycles. The van der Waals surface area contributed by atoms with Crippen molar-refractivity contribution in [1.29, 1.82) is 0 Å². The van der Waals surface area contributed by atoms with Crippen molar-refractivity contribution in [3.05, 3.63) is 23.0 Å². The van der Waals surface area contributed by atoms with E-state index in [0.29, 0.717) is 10.8 Å². The van der Waals surface area contributed by atoms with Gasteiger partial charge in [0.2, 0.25) is 0 Å². The van der Waals surface area contributed by atoms with E-state index in [2.05, 4.69) is 15.6 Å². The molecule has 0 aromatic carbocycles. The Morgan fingerprint density at radius 3 is 3.17 bits per heavy atom. The van der Waals surface area contributed by atoms with E-state index >= 15 is 0 Å². The van der Waals surface area contributed by atoms with Crippen LogP contribution in [0.15, 0.2) is 12.3 Å². The van der Waals surface area contributed by atoms with E-state index < -0.39 is 5.97 Å². The van der Waals surface area contributed by atoms with Crippen LogP contribution in [-0.2, 0) is 0 Å². The summed E-state index contributed by atoms with van der Waals surface area (Å²) < 4.78 is 0. The van der Waals surface area contributed by atoms with E-state index in [-0.39, 0.29) is 11.6 Å². The Labute approximate surface area is 111 Å². The average molecular weight is 270 g/mol. The van der Waals surface area contributed by atoms with Gasteiger partial charge >= 0.3 is 5.97 Å². The number of carbonyl (C=O) groups is 1. The molecule has 0 amide bonds. The van der Waals surface area contributed by atoms with E-state index in [0.717, 1.165) is 32.4 Å². The van der Waals surface area contributed by atoms with Crippen molar-refractivity contribution in [3.8, 4) is 0 Å². The molecule has 2 rings (SSSR count). The van der Waals surface area contributed by atoms with Gasteiger partial charge in [-0.3, -0.25) is 0 Å². The number of anilines is 1. The van der Waals surface area contributed by atoms with Gasteiger partial charge in [-0.2, -0.15) is 0 Å². The van der Waals surface area contributed by atoms with Crippen molar-refractivity contribution in [2.24, 2.45) is 0 Å². The van der Waals surface area contributed by atoms with Crippen LogP contribution in [0.1, 0.15) is 29.6 Å². The minimum atomic E-state index is -0.997. The predicted octanol–water partition coefficient (Wildman–Crippen LogP) is 1.99. The summed E-state index contributed by atoms with van der Waals surface area (Å²) in [4.78, 5) is 14.9. The van der Waals surface area contributed by atoms with Gasteiger partial charge in [0.15, 0.2) is 0 Å². The molecule has 1 fully saturated rings. The highest BCUT2D eigenvalue weighted by molar-refractivity contribution is 6.29. The molecule has 0 spiro atoms. The van der Waals surface area contributed by atoms with Gasteiger partial charge < -0.3 is 15.7 Å². The molecule has 0 radical (unpaired) electrons. The molecule has 1 saturated heterocycles. The zero-order valence-corrected chi connectivity index (χ0v) is 10.7. The highest BCUT2D eigenvalue weighted by Gasteiger charge is 2.16. The molecule has 3 N–H and O–H groups in total. The summed E-state index contributed by atoms with van der Waals surface area (Å²) in [7, 11) is 0. The maximum absolute atomic E-state index is 11.1. The first kappa shape index (κ1) is 13.1. The minimum absolute atomic E-state index is 0.156. The minimum Gasteiger partial charge on any atom is -0.478 e. The molecule has 1 aromatic heterocycles. The summed E-state index contributed by atoms with van der Waals surface area (Å²) in [5.74, 6) is -0.997. The van der Waals surface area contributed by atoms with Crippen LogP contribution in [0, 0.1) is 0 Å². The van der Waals surface area contributed by atoms with Crippen LogP contribution in [0.25, 0.3) is 0 Å². The number of aromatic carboxylic acids is 1. The summed E-state index contributed by atoms with van der Waals surface area (Å²) >= 11 is 5.81. The second-order valence-corrected chi connectivity index (χ2v) is 4.79. The topological polar surface area (TPSA) is 74.2 Å². The van der Waals surface area contributed by atoms with Gasteiger partial charge in [-0.25, -0.2) is 9.78 Å². The Bertz CT molecular complexity index is 431. The van der Waals surface area contributed by atoms with Crippen molar-refractivity contribution >= 4 is 23.3 Å². The Hall–Kier alpha value is -1.33. The number of pyridine rings is 1. The molecule has 6 heteroatoms. The van der Waals surface area contributed by atoms with E-state index in [4.69, 9.17) is 16.7 Å². The Morgan fingerprint density at radius 1 is 1.56 bits per heavy atom. The zero-order valence-electron chi connectivity index (χ0n) is 9.95. The quantitative estimate of drug-likeness (QED) is 0.732. The van der Waals surface area contributed by atoms with Crippen LogP contribution in [-0.4, -0.2) is 35.2 Å². The lowest BCUT2D eigenvalue weighted by Gasteiger charge is -2.19. The second kappa shape index (κ2) is 6.02. The third kappa shape index (κ3) is 3.34. The molecule has 1 aromatic rings. The molecule has 18 heavy (non-hydrogen) atoms. The van der Waals surface area contributed by atoms with Gasteiger partial charge in [0, 0.05) is 18.8 Å². The van der Waals surface area contributed by atoms with E-state index in [9.17, 15) is 4.79 Å². The number of carboxylic acids is 1. The fourth-order valence-electron chi connectivity index (χ4n) is 2.08. The highest BCUT2D eigenvalue weighted by atomic mass is 35.5. The van der Waals surface area contributed by atoms with Crippen LogP contribution in [0.5, 0.6) is 0 Å². The smallest absolute Gasteiger partial charge is 0.339 e. The van der Waals surface area contributed by atoms with Gasteiger partial charge in [-0.1, -0.05) is 18.0 Å². The molecule has 98 valence electrons. The molecule has 1 aliphatic heterocycles. The van der Waals surface area contributed by atoms with Crippen molar-refractivity contribution in [3.63, 3.8) is 0 Å². The predicted molar refractivity (Wildman–Crippen MR) is 70.3 cm³/mol. The number of rotatable bonds is 3. The largest absolute Gasteiger partial charge is 0.478 e. The molecule has 0 unspecified atom stereocenters. The Morgan fingerprint density at radius 2 is 2.39 bits per heavy atom. The van der Waals surface area contributed by atoms with Crippen molar-refractivity contribution in [1.82, 2.24) is 10.3 Å². The van der Waals surface area contributed by atoms with E-state index in [1.54, 1.807) is 6.07 Å². The molecule has 2 heterocycles. The maximum Gasteiger partial charge on any atom is 0.339 e. The molecular formula is C12H16ClN3O2. The first-order chi connectivity index (χ1) is 8.66. The van der Waals surface area contributed by atoms with Crippen molar-refractivity contribution < 1.29 is 9.90 Å². The standard InChI is InChI=1S/C12H16ClN3O2/c13-11-5-10(9(7-15-11)12(17)18)16-8-3-1-2-4-14-6-8/h5,7-8,14H,1-4,6H2,(H,15,16)(H,17,18)/t8-/m1/s1. The van der Waals surface area contributed by atoms with Crippen molar-refractivity contribution in [2.75, 3.05) is 18.4 Å². The monoisotopic (exact) mass is 269 g/mol. The van der Waals surface area contributed by atoms with Crippen LogP contribution in [0.4, 0.5) is 5.69 Å². The van der Waals surface area contributed by atoms with E-state index in [1.165, 1.54) is 6.20 Å². The molecule has 1 atom stereocenters. The lowest BCUT2D eigenvalue weighted by Crippen LogP contribution is -2.31. The number of nitrogens with one attached hydrogen (secondary N) is 2. The summed E-state index contributed by atoms with van der Waals surface area (Å²) in [6.07, 6.45) is 4.59. The number of nitrogens with zero attached hydrogens (tertiary/aromatic N) is 1. The van der Waals surface area contributed by atoms with Gasteiger partial charge in [0.1, 0.15) is 10.7 Å². The first-order valence-electron chi connectivity index (χ1n) is 6.03. The number of carboxylic acid groups (broad SMARTS) is 1. The van der Waals surface area contributed by atoms with Crippen LogP contribution >= 0.6 is 11.6 Å². The number of halogens is 1. The number of hydrogen-bond acceptors (Lipinski definition) is 4. The summed E-state index contributed by atoms with van der Waals surface area (Å²) in [5.41, 5.74) is 0.694.